The largest absolute Gasteiger partial charge is 0.472 e. The van der Waals surface area contributed by atoms with Crippen LogP contribution in [0.5, 0.6) is 0 Å². The van der Waals surface area contributed by atoms with Crippen molar-refractivity contribution in [3.8, 4) is 0 Å². The number of carbonyl (C=O) groups excluding carboxylic acids is 2. The topological polar surface area (TPSA) is 57.0 Å². The number of rotatable bonds is 3. The van der Waals surface area contributed by atoms with Crippen LogP contribution in [0.4, 0.5) is 5.69 Å². The van der Waals surface area contributed by atoms with E-state index in [0.717, 1.165) is 37.3 Å². The van der Waals surface area contributed by atoms with Gasteiger partial charge in [-0.2, -0.15) is 0 Å². The Morgan fingerprint density at radius 3 is 2.69 bits per heavy atom. The lowest BCUT2D eigenvalue weighted by Gasteiger charge is -2.48. The lowest BCUT2D eigenvalue weighted by atomic mass is 9.91. The SMILES string of the molecule is CC(=O)N1CC(=O)N(c2ccccc2)CC12CCN(Cc1ccoc1)C2. The monoisotopic (exact) mass is 353 g/mol. The summed E-state index contributed by atoms with van der Waals surface area (Å²) in [6.07, 6.45) is 4.30. The Kier molecular flexibility index (Phi) is 4.28. The van der Waals surface area contributed by atoms with Crippen molar-refractivity contribution in [1.82, 2.24) is 9.80 Å². The molecule has 0 aliphatic carbocycles. The second-order valence-electron chi connectivity index (χ2n) is 7.24. The van der Waals surface area contributed by atoms with E-state index in [4.69, 9.17) is 4.42 Å². The minimum atomic E-state index is -0.334. The van der Waals surface area contributed by atoms with Crippen LogP contribution in [-0.2, 0) is 16.1 Å². The number of carbonyl (C=O) groups is 2. The predicted molar refractivity (Wildman–Crippen MR) is 97.5 cm³/mol. The fraction of sp³-hybridized carbons (Fsp3) is 0.400. The van der Waals surface area contributed by atoms with Gasteiger partial charge >= 0.3 is 0 Å². The molecule has 6 heteroatoms. The molecule has 4 rings (SSSR count). The summed E-state index contributed by atoms with van der Waals surface area (Å²) in [5.74, 6) is -0.0541. The average Bonchev–Trinajstić information content (AvgIpc) is 3.28. The van der Waals surface area contributed by atoms with Crippen LogP contribution < -0.4 is 4.90 Å². The van der Waals surface area contributed by atoms with Crippen LogP contribution in [0.15, 0.2) is 53.3 Å². The second kappa shape index (κ2) is 6.61. The van der Waals surface area contributed by atoms with Gasteiger partial charge in [0.05, 0.1) is 24.6 Å². The molecule has 1 unspecified atom stereocenters. The fourth-order valence-electron chi connectivity index (χ4n) is 4.21. The Morgan fingerprint density at radius 1 is 1.19 bits per heavy atom. The maximum Gasteiger partial charge on any atom is 0.246 e. The van der Waals surface area contributed by atoms with E-state index in [1.54, 1.807) is 24.3 Å². The molecule has 2 aromatic rings. The highest BCUT2D eigenvalue weighted by molar-refractivity contribution is 5.98. The average molecular weight is 353 g/mol. The summed E-state index contributed by atoms with van der Waals surface area (Å²) in [6, 6.07) is 11.7. The van der Waals surface area contributed by atoms with Crippen LogP contribution in [0.2, 0.25) is 0 Å². The Balaban J connectivity index is 1.59. The van der Waals surface area contributed by atoms with E-state index >= 15 is 0 Å². The summed E-state index contributed by atoms with van der Waals surface area (Å²) in [5.41, 5.74) is 1.69. The Bertz CT molecular complexity index is 790. The molecule has 0 saturated carbocycles. The molecule has 2 saturated heterocycles. The molecule has 2 amide bonds. The van der Waals surface area contributed by atoms with Crippen molar-refractivity contribution >= 4 is 17.5 Å². The molecule has 3 heterocycles. The van der Waals surface area contributed by atoms with Crippen LogP contribution in [0, 0.1) is 0 Å². The highest BCUT2D eigenvalue weighted by Crippen LogP contribution is 2.35. The number of benzene rings is 1. The summed E-state index contributed by atoms with van der Waals surface area (Å²) < 4.78 is 5.17. The van der Waals surface area contributed by atoms with Crippen LogP contribution >= 0.6 is 0 Å². The number of amides is 2. The van der Waals surface area contributed by atoms with Gasteiger partial charge in [0, 0.05) is 37.8 Å². The number of hydrogen-bond donors (Lipinski definition) is 0. The minimum absolute atomic E-state index is 0.0229. The summed E-state index contributed by atoms with van der Waals surface area (Å²) in [7, 11) is 0. The van der Waals surface area contributed by atoms with Crippen molar-refractivity contribution < 1.29 is 14.0 Å². The van der Waals surface area contributed by atoms with Gasteiger partial charge in [-0.25, -0.2) is 0 Å². The first kappa shape index (κ1) is 16.8. The van der Waals surface area contributed by atoms with Crippen molar-refractivity contribution in [3.05, 3.63) is 54.5 Å². The Morgan fingerprint density at radius 2 is 2.00 bits per heavy atom. The van der Waals surface area contributed by atoms with Crippen LogP contribution in [0.25, 0.3) is 0 Å². The molecular weight excluding hydrogens is 330 g/mol. The zero-order valence-electron chi connectivity index (χ0n) is 14.9. The smallest absolute Gasteiger partial charge is 0.246 e. The molecule has 2 aliphatic heterocycles. The predicted octanol–water partition coefficient (Wildman–Crippen LogP) is 2.12. The van der Waals surface area contributed by atoms with Gasteiger partial charge in [-0.05, 0) is 24.6 Å². The number of piperazine rings is 1. The molecule has 6 nitrogen and oxygen atoms in total. The summed E-state index contributed by atoms with van der Waals surface area (Å²) in [6.45, 7) is 4.69. The molecule has 1 aromatic heterocycles. The van der Waals surface area contributed by atoms with Gasteiger partial charge in [0.2, 0.25) is 11.8 Å². The van der Waals surface area contributed by atoms with Gasteiger partial charge in [0.1, 0.15) is 6.54 Å². The van der Waals surface area contributed by atoms with Crippen molar-refractivity contribution in [2.45, 2.75) is 25.4 Å². The van der Waals surface area contributed by atoms with Gasteiger partial charge in [-0.1, -0.05) is 18.2 Å². The number of hydrogen-bond acceptors (Lipinski definition) is 4. The number of furan rings is 1. The fourth-order valence-corrected chi connectivity index (χ4v) is 4.21. The molecular formula is C20H23N3O3. The normalized spacial score (nSPS) is 23.8. The Hall–Kier alpha value is -2.60. The zero-order valence-corrected chi connectivity index (χ0v) is 14.9. The van der Waals surface area contributed by atoms with Crippen molar-refractivity contribution in [2.24, 2.45) is 0 Å². The molecule has 0 N–H and O–H groups in total. The minimum Gasteiger partial charge on any atom is -0.472 e. The van der Waals surface area contributed by atoms with E-state index in [-0.39, 0.29) is 23.9 Å². The van der Waals surface area contributed by atoms with Gasteiger partial charge < -0.3 is 14.2 Å². The van der Waals surface area contributed by atoms with E-state index in [2.05, 4.69) is 4.90 Å². The van der Waals surface area contributed by atoms with Gasteiger partial charge in [-0.15, -0.1) is 0 Å². The second-order valence-corrected chi connectivity index (χ2v) is 7.24. The molecule has 136 valence electrons. The lowest BCUT2D eigenvalue weighted by Crippen LogP contribution is -2.66. The van der Waals surface area contributed by atoms with E-state index in [1.165, 1.54) is 0 Å². The number of para-hydroxylation sites is 1. The molecule has 0 radical (unpaired) electrons. The molecule has 1 spiro atoms. The van der Waals surface area contributed by atoms with Crippen LogP contribution in [-0.4, -0.2) is 53.3 Å². The number of nitrogens with zero attached hydrogens (tertiary/aromatic N) is 3. The highest BCUT2D eigenvalue weighted by atomic mass is 16.3. The maximum absolute atomic E-state index is 12.7. The standard InChI is InChI=1S/C20H23N3O3/c1-16(24)23-12-19(25)22(18-5-3-2-4-6-18)15-20(23)8-9-21(14-20)11-17-7-10-26-13-17/h2-7,10,13H,8-9,11-12,14-15H2,1H3. The first-order chi connectivity index (χ1) is 12.6. The van der Waals surface area contributed by atoms with Gasteiger partial charge in [-0.3, -0.25) is 14.5 Å². The van der Waals surface area contributed by atoms with E-state index in [0.29, 0.717) is 6.54 Å². The lowest BCUT2D eigenvalue weighted by molar-refractivity contribution is -0.142. The summed E-state index contributed by atoms with van der Waals surface area (Å²) >= 11 is 0. The van der Waals surface area contributed by atoms with Gasteiger partial charge in [0.15, 0.2) is 0 Å². The maximum atomic E-state index is 12.7. The van der Waals surface area contributed by atoms with E-state index < -0.39 is 0 Å². The van der Waals surface area contributed by atoms with Crippen LogP contribution in [0.1, 0.15) is 18.9 Å². The molecule has 2 fully saturated rings. The summed E-state index contributed by atoms with van der Waals surface area (Å²) in [5, 5.41) is 0. The van der Waals surface area contributed by atoms with Crippen molar-refractivity contribution in [2.75, 3.05) is 31.1 Å². The molecule has 0 bridgehead atoms. The molecule has 26 heavy (non-hydrogen) atoms. The molecule has 2 aliphatic rings. The highest BCUT2D eigenvalue weighted by Gasteiger charge is 2.50. The van der Waals surface area contributed by atoms with E-state index in [1.807, 2.05) is 41.3 Å². The quantitative estimate of drug-likeness (QED) is 0.848. The first-order valence-corrected chi connectivity index (χ1v) is 8.94. The summed E-state index contributed by atoms with van der Waals surface area (Å²) in [4.78, 5) is 30.9. The van der Waals surface area contributed by atoms with Crippen molar-refractivity contribution in [3.63, 3.8) is 0 Å². The zero-order chi connectivity index (χ0) is 18.1. The Labute approximate surface area is 153 Å². The van der Waals surface area contributed by atoms with Crippen molar-refractivity contribution in [1.29, 1.82) is 0 Å². The van der Waals surface area contributed by atoms with Crippen LogP contribution in [0.3, 0.4) is 0 Å². The van der Waals surface area contributed by atoms with E-state index in [9.17, 15) is 9.59 Å². The molecule has 1 atom stereocenters. The van der Waals surface area contributed by atoms with Gasteiger partial charge in [0.25, 0.3) is 0 Å². The third-order valence-corrected chi connectivity index (χ3v) is 5.47. The number of anilines is 1. The molecule has 1 aromatic carbocycles. The third kappa shape index (κ3) is 3.01. The third-order valence-electron chi connectivity index (χ3n) is 5.47. The number of likely N-dealkylation sites (tertiary alicyclic amines) is 1. The first-order valence-electron chi connectivity index (χ1n) is 8.94.